The van der Waals surface area contributed by atoms with Crippen molar-refractivity contribution in [3.05, 3.63) is 12.7 Å². The zero-order chi connectivity index (χ0) is 12.4. The summed E-state index contributed by atoms with van der Waals surface area (Å²) in [6, 6.07) is 0. The third kappa shape index (κ3) is 11.2. The molecule has 0 unspecified atom stereocenters. The van der Waals surface area contributed by atoms with Gasteiger partial charge in [0.2, 0.25) is 0 Å². The van der Waals surface area contributed by atoms with Gasteiger partial charge >= 0.3 is 5.97 Å². The highest BCUT2D eigenvalue weighted by molar-refractivity contribution is 7.85. The van der Waals surface area contributed by atoms with Crippen molar-refractivity contribution >= 4 is 16.1 Å². The maximum atomic E-state index is 10.9. The van der Waals surface area contributed by atoms with Crippen molar-refractivity contribution in [2.75, 3.05) is 32.7 Å². The molecule has 0 aromatic carbocycles. The van der Waals surface area contributed by atoms with E-state index in [1.165, 1.54) is 6.08 Å². The summed E-state index contributed by atoms with van der Waals surface area (Å²) >= 11 is 0. The van der Waals surface area contributed by atoms with Gasteiger partial charge in [0.1, 0.15) is 6.61 Å². The Morgan fingerprint density at radius 1 is 1.31 bits per heavy atom. The molecule has 6 nitrogen and oxygen atoms in total. The highest BCUT2D eigenvalue weighted by Gasteiger charge is 2.03. The molecule has 94 valence electrons. The molecule has 0 heterocycles. The highest BCUT2D eigenvalue weighted by Crippen LogP contribution is 1.90. The fourth-order valence-corrected chi connectivity index (χ4v) is 1.10. The SMILES string of the molecule is C=CCOC(=O)CCOCCOS(C)(=O)=O. The molecule has 0 aliphatic rings. The summed E-state index contributed by atoms with van der Waals surface area (Å²) < 4.78 is 35.1. The maximum absolute atomic E-state index is 10.9. The summed E-state index contributed by atoms with van der Waals surface area (Å²) in [7, 11) is -3.42. The normalized spacial score (nSPS) is 11.1. The third-order valence-corrected chi connectivity index (χ3v) is 1.93. The summed E-state index contributed by atoms with van der Waals surface area (Å²) in [5.74, 6) is -0.385. The molecule has 0 radical (unpaired) electrons. The number of rotatable bonds is 9. The topological polar surface area (TPSA) is 78.9 Å². The molecule has 0 amide bonds. The Morgan fingerprint density at radius 2 is 2.00 bits per heavy atom. The molecule has 0 aliphatic heterocycles. The fourth-order valence-electron chi connectivity index (χ4n) is 0.726. The molecule has 16 heavy (non-hydrogen) atoms. The fraction of sp³-hybridized carbons (Fsp3) is 0.667. The van der Waals surface area contributed by atoms with Crippen LogP contribution in [-0.2, 0) is 28.6 Å². The van der Waals surface area contributed by atoms with E-state index in [4.69, 9.17) is 4.74 Å². The van der Waals surface area contributed by atoms with Gasteiger partial charge in [-0.05, 0) is 0 Å². The largest absolute Gasteiger partial charge is 0.461 e. The first kappa shape index (κ1) is 15.1. The second-order valence-corrected chi connectivity index (χ2v) is 4.50. The number of carbonyl (C=O) groups excluding carboxylic acids is 1. The number of esters is 1. The number of carbonyl (C=O) groups is 1. The van der Waals surface area contributed by atoms with Gasteiger partial charge in [0.25, 0.3) is 10.1 Å². The van der Waals surface area contributed by atoms with E-state index in [1.54, 1.807) is 0 Å². The van der Waals surface area contributed by atoms with Gasteiger partial charge in [-0.2, -0.15) is 8.42 Å². The van der Waals surface area contributed by atoms with Crippen LogP contribution < -0.4 is 0 Å². The molecule has 7 heteroatoms. The second-order valence-electron chi connectivity index (χ2n) is 2.86. The maximum Gasteiger partial charge on any atom is 0.308 e. The first-order valence-corrected chi connectivity index (χ1v) is 6.46. The Labute approximate surface area is 95.3 Å². The van der Waals surface area contributed by atoms with Crippen LogP contribution in [0.2, 0.25) is 0 Å². The van der Waals surface area contributed by atoms with Crippen LogP contribution in [0.15, 0.2) is 12.7 Å². The Balaban J connectivity index is 3.33. The van der Waals surface area contributed by atoms with Crippen molar-refractivity contribution in [1.82, 2.24) is 0 Å². The molecule has 0 bridgehead atoms. The highest BCUT2D eigenvalue weighted by atomic mass is 32.2. The summed E-state index contributed by atoms with van der Waals surface area (Å²) in [6.45, 7) is 3.80. The minimum absolute atomic E-state index is 0.0550. The smallest absolute Gasteiger partial charge is 0.308 e. The summed E-state index contributed by atoms with van der Waals surface area (Å²) in [5, 5.41) is 0. The predicted octanol–water partition coefficient (Wildman–Crippen LogP) is 0.0985. The molecular weight excluding hydrogens is 236 g/mol. The summed E-state index contributed by atoms with van der Waals surface area (Å²) in [6.07, 6.45) is 2.55. The molecule has 0 aliphatic carbocycles. The summed E-state index contributed by atoms with van der Waals surface area (Å²) in [5.41, 5.74) is 0. The third-order valence-electron chi connectivity index (χ3n) is 1.34. The van der Waals surface area contributed by atoms with Crippen molar-refractivity contribution in [3.8, 4) is 0 Å². The van der Waals surface area contributed by atoms with Gasteiger partial charge in [-0.25, -0.2) is 0 Å². The second kappa shape index (κ2) is 8.26. The lowest BCUT2D eigenvalue weighted by molar-refractivity contribution is -0.143. The van der Waals surface area contributed by atoms with E-state index in [9.17, 15) is 13.2 Å². The van der Waals surface area contributed by atoms with Crippen LogP contribution in [0.5, 0.6) is 0 Å². The van der Waals surface area contributed by atoms with Crippen molar-refractivity contribution in [2.45, 2.75) is 6.42 Å². The Hall–Kier alpha value is -0.920. The molecule has 0 aromatic heterocycles. The standard InChI is InChI=1S/C9H16O6S/c1-3-5-14-9(10)4-6-13-7-8-15-16(2,11)12/h3H,1,4-8H2,2H3. The Bertz CT molecular complexity index is 308. The van der Waals surface area contributed by atoms with Crippen LogP contribution in [0.3, 0.4) is 0 Å². The predicted molar refractivity (Wildman–Crippen MR) is 57.4 cm³/mol. The monoisotopic (exact) mass is 252 g/mol. The van der Waals surface area contributed by atoms with Gasteiger partial charge in [0.15, 0.2) is 0 Å². The molecule has 0 aromatic rings. The molecule has 0 spiro atoms. The van der Waals surface area contributed by atoms with E-state index in [1.807, 2.05) is 0 Å². The van der Waals surface area contributed by atoms with Gasteiger partial charge in [0, 0.05) is 0 Å². The molecule has 0 fully saturated rings. The minimum Gasteiger partial charge on any atom is -0.461 e. The lowest BCUT2D eigenvalue weighted by Gasteiger charge is -2.04. The van der Waals surface area contributed by atoms with Crippen LogP contribution in [-0.4, -0.2) is 47.1 Å². The average molecular weight is 252 g/mol. The van der Waals surface area contributed by atoms with Crippen molar-refractivity contribution < 1.29 is 26.9 Å². The van der Waals surface area contributed by atoms with Crippen LogP contribution in [0.25, 0.3) is 0 Å². The van der Waals surface area contributed by atoms with Gasteiger partial charge in [-0.1, -0.05) is 12.7 Å². The zero-order valence-corrected chi connectivity index (χ0v) is 9.99. The van der Waals surface area contributed by atoms with Crippen LogP contribution >= 0.6 is 0 Å². The van der Waals surface area contributed by atoms with Gasteiger partial charge in [0.05, 0.1) is 32.5 Å². The number of ether oxygens (including phenoxy) is 2. The lowest BCUT2D eigenvalue weighted by Crippen LogP contribution is -2.12. The number of hydrogen-bond donors (Lipinski definition) is 0. The van der Waals surface area contributed by atoms with Crippen molar-refractivity contribution in [1.29, 1.82) is 0 Å². The molecule has 0 saturated heterocycles. The minimum atomic E-state index is -3.42. The van der Waals surface area contributed by atoms with Gasteiger partial charge in [-0.3, -0.25) is 8.98 Å². The van der Waals surface area contributed by atoms with E-state index in [2.05, 4.69) is 15.5 Å². The van der Waals surface area contributed by atoms with E-state index in [0.717, 1.165) is 6.26 Å². The van der Waals surface area contributed by atoms with Crippen LogP contribution in [0, 0.1) is 0 Å². The molecule has 0 rings (SSSR count). The number of hydrogen-bond acceptors (Lipinski definition) is 6. The van der Waals surface area contributed by atoms with Gasteiger partial charge in [-0.15, -0.1) is 0 Å². The lowest BCUT2D eigenvalue weighted by atomic mass is 10.5. The first-order valence-electron chi connectivity index (χ1n) is 4.64. The molecule has 0 atom stereocenters. The van der Waals surface area contributed by atoms with E-state index < -0.39 is 10.1 Å². The quantitative estimate of drug-likeness (QED) is 0.250. The first-order chi connectivity index (χ1) is 7.45. The van der Waals surface area contributed by atoms with Crippen LogP contribution in [0.1, 0.15) is 6.42 Å². The molecule has 0 N–H and O–H groups in total. The van der Waals surface area contributed by atoms with Crippen LogP contribution in [0.4, 0.5) is 0 Å². The molecule has 0 saturated carbocycles. The van der Waals surface area contributed by atoms with E-state index in [0.29, 0.717) is 0 Å². The van der Waals surface area contributed by atoms with E-state index >= 15 is 0 Å². The Kier molecular flexibility index (Phi) is 7.78. The van der Waals surface area contributed by atoms with Crippen molar-refractivity contribution in [2.24, 2.45) is 0 Å². The zero-order valence-electron chi connectivity index (χ0n) is 9.18. The van der Waals surface area contributed by atoms with E-state index in [-0.39, 0.29) is 38.8 Å². The Morgan fingerprint density at radius 3 is 2.56 bits per heavy atom. The average Bonchev–Trinajstić information content (AvgIpc) is 2.18. The van der Waals surface area contributed by atoms with Gasteiger partial charge < -0.3 is 9.47 Å². The summed E-state index contributed by atoms with van der Waals surface area (Å²) in [4.78, 5) is 10.9. The van der Waals surface area contributed by atoms with Crippen molar-refractivity contribution in [3.63, 3.8) is 0 Å². The molecular formula is C9H16O6S.